The molecule has 5 rings (SSSR count). The molecule has 200 valence electrons. The van der Waals surface area contributed by atoms with Crippen LogP contribution in [0.4, 0.5) is 15.9 Å². The molecule has 2 aromatic carbocycles. The van der Waals surface area contributed by atoms with Crippen molar-refractivity contribution in [3.8, 4) is 5.75 Å². The average Bonchev–Trinajstić information content (AvgIpc) is 3.60. The number of hydrogen-bond acceptors (Lipinski definition) is 6. The molecule has 0 bridgehead atoms. The number of carbonyl (C=O) groups is 1. The molecule has 2 aromatic heterocycles. The Balaban J connectivity index is 0.00000164. The summed E-state index contributed by atoms with van der Waals surface area (Å²) in [7, 11) is 0. The molecule has 1 aliphatic rings. The summed E-state index contributed by atoms with van der Waals surface area (Å²) in [4.78, 5) is 18.2. The van der Waals surface area contributed by atoms with Crippen LogP contribution in [0.25, 0.3) is 10.9 Å². The molecule has 1 aliphatic heterocycles. The first kappa shape index (κ1) is 27.3. The highest BCUT2D eigenvalue weighted by Crippen LogP contribution is 2.31. The minimum atomic E-state index is -0.316. The fourth-order valence-electron chi connectivity index (χ4n) is 4.23. The number of carbonyl (C=O) groups excluding carboxylic acids is 1. The molecule has 0 saturated carbocycles. The van der Waals surface area contributed by atoms with Gasteiger partial charge in [-0.25, -0.2) is 4.39 Å². The fraction of sp³-hybridized carbons (Fsp3) is 0.321. The van der Waals surface area contributed by atoms with Crippen LogP contribution in [0.5, 0.6) is 5.75 Å². The predicted molar refractivity (Wildman–Crippen MR) is 149 cm³/mol. The lowest BCUT2D eigenvalue weighted by Gasteiger charge is -2.14. The minimum absolute atomic E-state index is 0.167. The zero-order chi connectivity index (χ0) is 26.9. The number of anilines is 2. The normalized spacial score (nSPS) is 13.2. The summed E-state index contributed by atoms with van der Waals surface area (Å²) in [6.45, 7) is 7.84. The van der Waals surface area contributed by atoms with Crippen molar-refractivity contribution in [2.75, 3.05) is 31.5 Å². The van der Waals surface area contributed by atoms with Gasteiger partial charge in [0.05, 0.1) is 16.7 Å². The van der Waals surface area contributed by atoms with Crippen LogP contribution in [-0.4, -0.2) is 52.2 Å². The number of nitrogens with zero attached hydrogens (tertiary/aromatic N) is 3. The number of benzene rings is 2. The Morgan fingerprint density at radius 3 is 2.74 bits per heavy atom. The lowest BCUT2D eigenvalue weighted by atomic mass is 10.2. The van der Waals surface area contributed by atoms with Crippen molar-refractivity contribution in [2.24, 2.45) is 0 Å². The third-order valence-corrected chi connectivity index (χ3v) is 6.37. The number of H-pyrrole nitrogens is 1. The molecular formula is C28H32ClFN6O2. The van der Waals surface area contributed by atoms with Crippen molar-refractivity contribution in [3.63, 3.8) is 0 Å². The second kappa shape index (κ2) is 13.2. The van der Waals surface area contributed by atoms with E-state index in [1.807, 2.05) is 13.8 Å². The van der Waals surface area contributed by atoms with Crippen LogP contribution in [0.15, 0.2) is 54.7 Å². The maximum Gasteiger partial charge on any atom is 0.267 e. The quantitative estimate of drug-likeness (QED) is 0.245. The second-order valence-electron chi connectivity index (χ2n) is 8.70. The van der Waals surface area contributed by atoms with Gasteiger partial charge in [-0.1, -0.05) is 37.6 Å². The summed E-state index contributed by atoms with van der Waals surface area (Å²) in [6.07, 6.45) is 4.05. The summed E-state index contributed by atoms with van der Waals surface area (Å²) < 4.78 is 19.1. The number of likely N-dealkylation sites (tertiary alicyclic amines) is 1. The van der Waals surface area contributed by atoms with Crippen molar-refractivity contribution in [1.29, 1.82) is 0 Å². The topological polar surface area (TPSA) is 95.2 Å². The highest BCUT2D eigenvalue weighted by molar-refractivity contribution is 6.32. The first-order valence-electron chi connectivity index (χ1n) is 12.8. The van der Waals surface area contributed by atoms with Crippen molar-refractivity contribution in [3.05, 3.63) is 76.8 Å². The van der Waals surface area contributed by atoms with Crippen molar-refractivity contribution >= 4 is 39.9 Å². The van der Waals surface area contributed by atoms with Gasteiger partial charge in [-0.2, -0.15) is 5.10 Å². The fourth-order valence-corrected chi connectivity index (χ4v) is 4.46. The number of hydrogen-bond donors (Lipinski definition) is 3. The first-order valence-corrected chi connectivity index (χ1v) is 13.2. The molecule has 38 heavy (non-hydrogen) atoms. The monoisotopic (exact) mass is 538 g/mol. The van der Waals surface area contributed by atoms with E-state index in [0.717, 1.165) is 25.0 Å². The summed E-state index contributed by atoms with van der Waals surface area (Å²) in [6, 6.07) is 13.2. The van der Waals surface area contributed by atoms with E-state index in [0.29, 0.717) is 45.6 Å². The van der Waals surface area contributed by atoms with Gasteiger partial charge in [-0.3, -0.25) is 4.79 Å². The van der Waals surface area contributed by atoms with Gasteiger partial charge in [-0.05, 0) is 67.9 Å². The Morgan fingerprint density at radius 2 is 1.97 bits per heavy atom. The molecule has 3 heterocycles. The lowest BCUT2D eigenvalue weighted by molar-refractivity contribution is 0.0945. The summed E-state index contributed by atoms with van der Waals surface area (Å²) >= 11 is 6.41. The van der Waals surface area contributed by atoms with Crippen LogP contribution in [-0.2, 0) is 6.61 Å². The Morgan fingerprint density at radius 1 is 1.16 bits per heavy atom. The molecule has 10 heteroatoms. The van der Waals surface area contributed by atoms with E-state index in [1.165, 1.54) is 25.0 Å². The highest BCUT2D eigenvalue weighted by Gasteiger charge is 2.15. The Bertz CT molecular complexity index is 1370. The van der Waals surface area contributed by atoms with Crippen LogP contribution >= 0.6 is 11.6 Å². The molecule has 1 saturated heterocycles. The molecule has 0 radical (unpaired) electrons. The van der Waals surface area contributed by atoms with Gasteiger partial charge < -0.3 is 25.3 Å². The van der Waals surface area contributed by atoms with Gasteiger partial charge in [-0.15, -0.1) is 5.10 Å². The predicted octanol–water partition coefficient (Wildman–Crippen LogP) is 5.92. The standard InChI is InChI=1S/C26H26ClFN6O2.C2H6/c27-21-14-20(6-7-23(21)36-16-17-4-3-5-19(28)12-17)31-25-24-18(15-30-33-25)13-22(32-24)26(35)29-8-11-34-9-1-2-10-34;1-2/h3-7,12-15,32H,1-2,8-11,16H2,(H,29,35)(H,31,33);1-2H3. The van der Waals surface area contributed by atoms with Crippen molar-refractivity contribution in [2.45, 2.75) is 33.3 Å². The number of amides is 1. The molecular weight excluding hydrogens is 507 g/mol. The molecule has 0 unspecified atom stereocenters. The van der Waals surface area contributed by atoms with Gasteiger partial charge in [0, 0.05) is 24.2 Å². The zero-order valence-corrected chi connectivity index (χ0v) is 22.3. The van der Waals surface area contributed by atoms with Gasteiger partial charge >= 0.3 is 0 Å². The first-order chi connectivity index (χ1) is 18.5. The van der Waals surface area contributed by atoms with Crippen molar-refractivity contribution in [1.82, 2.24) is 25.4 Å². The third kappa shape index (κ3) is 6.99. The highest BCUT2D eigenvalue weighted by atomic mass is 35.5. The molecule has 1 fully saturated rings. The molecule has 8 nitrogen and oxygen atoms in total. The summed E-state index contributed by atoms with van der Waals surface area (Å²) in [5.41, 5.74) is 2.49. The SMILES string of the molecule is CC.O=C(NCCN1CCCC1)c1cc2cnnc(Nc3ccc(OCc4cccc(F)c4)c(Cl)c3)c2[nH]1. The molecule has 4 aromatic rings. The van der Waals surface area contributed by atoms with E-state index < -0.39 is 0 Å². The number of halogens is 2. The van der Waals surface area contributed by atoms with Crippen LogP contribution < -0.4 is 15.4 Å². The third-order valence-electron chi connectivity index (χ3n) is 6.07. The molecule has 3 N–H and O–H groups in total. The maximum atomic E-state index is 13.4. The zero-order valence-electron chi connectivity index (χ0n) is 21.6. The van der Waals surface area contributed by atoms with Crippen LogP contribution in [0.2, 0.25) is 5.02 Å². The van der Waals surface area contributed by atoms with Crippen LogP contribution in [0, 0.1) is 5.82 Å². The van der Waals surface area contributed by atoms with E-state index in [2.05, 4.69) is 30.7 Å². The minimum Gasteiger partial charge on any atom is -0.487 e. The van der Waals surface area contributed by atoms with Gasteiger partial charge in [0.15, 0.2) is 5.82 Å². The smallest absolute Gasteiger partial charge is 0.267 e. The van der Waals surface area contributed by atoms with E-state index in [-0.39, 0.29) is 18.3 Å². The maximum absolute atomic E-state index is 13.4. The number of fused-ring (bicyclic) bond motifs is 1. The summed E-state index contributed by atoms with van der Waals surface area (Å²) in [5.74, 6) is 0.458. The average molecular weight is 539 g/mol. The Labute approximate surface area is 226 Å². The van der Waals surface area contributed by atoms with E-state index in [1.54, 1.807) is 42.6 Å². The molecule has 1 amide bonds. The summed E-state index contributed by atoms with van der Waals surface area (Å²) in [5, 5.41) is 15.6. The number of ether oxygens (including phenoxy) is 1. The molecule has 0 spiro atoms. The van der Waals surface area contributed by atoms with E-state index in [4.69, 9.17) is 16.3 Å². The molecule has 0 atom stereocenters. The van der Waals surface area contributed by atoms with Crippen molar-refractivity contribution < 1.29 is 13.9 Å². The Kier molecular flexibility index (Phi) is 9.51. The number of nitrogens with one attached hydrogen (secondary N) is 3. The number of aromatic nitrogens is 3. The Hall–Kier alpha value is -3.69. The van der Waals surface area contributed by atoms with E-state index >= 15 is 0 Å². The van der Waals surface area contributed by atoms with Crippen LogP contribution in [0.1, 0.15) is 42.7 Å². The van der Waals surface area contributed by atoms with Gasteiger partial charge in [0.1, 0.15) is 23.9 Å². The molecule has 0 aliphatic carbocycles. The second-order valence-corrected chi connectivity index (χ2v) is 9.11. The van der Waals surface area contributed by atoms with E-state index in [9.17, 15) is 9.18 Å². The number of aromatic amines is 1. The largest absolute Gasteiger partial charge is 0.487 e. The van der Waals surface area contributed by atoms with Gasteiger partial charge in [0.25, 0.3) is 5.91 Å². The number of rotatable bonds is 9. The lowest BCUT2D eigenvalue weighted by Crippen LogP contribution is -2.33. The van der Waals surface area contributed by atoms with Crippen LogP contribution in [0.3, 0.4) is 0 Å². The van der Waals surface area contributed by atoms with Gasteiger partial charge in [0.2, 0.25) is 0 Å².